The van der Waals surface area contributed by atoms with Crippen molar-refractivity contribution in [2.24, 2.45) is 0 Å². The fourth-order valence-corrected chi connectivity index (χ4v) is 1.64. The molecule has 17 heavy (non-hydrogen) atoms. The highest BCUT2D eigenvalue weighted by atomic mass is 19.1. The van der Waals surface area contributed by atoms with E-state index in [1.165, 1.54) is 6.07 Å². The number of halogens is 1. The Bertz CT molecular complexity index is 428. The summed E-state index contributed by atoms with van der Waals surface area (Å²) in [5.41, 5.74) is 0.157. The lowest BCUT2D eigenvalue weighted by Crippen LogP contribution is -2.35. The number of nitrogens with one attached hydrogen (secondary N) is 1. The van der Waals surface area contributed by atoms with Gasteiger partial charge in [0.2, 0.25) is 0 Å². The van der Waals surface area contributed by atoms with Gasteiger partial charge in [-0.25, -0.2) is 4.39 Å². The van der Waals surface area contributed by atoms with Crippen LogP contribution in [0.3, 0.4) is 0 Å². The van der Waals surface area contributed by atoms with E-state index >= 15 is 0 Å². The lowest BCUT2D eigenvalue weighted by atomic mass is 9.94. The van der Waals surface area contributed by atoms with E-state index in [1.54, 1.807) is 12.1 Å². The van der Waals surface area contributed by atoms with E-state index in [1.807, 2.05) is 19.9 Å². The Hall–Kier alpha value is -1.60. The van der Waals surface area contributed by atoms with Crippen LogP contribution in [0.5, 0.6) is 0 Å². The van der Waals surface area contributed by atoms with Gasteiger partial charge in [0.25, 0.3) is 0 Å². The summed E-state index contributed by atoms with van der Waals surface area (Å²) in [4.78, 5) is 0. The lowest BCUT2D eigenvalue weighted by molar-refractivity contribution is 0.252. The minimum atomic E-state index is -0.528. The van der Waals surface area contributed by atoms with Crippen LogP contribution in [0.2, 0.25) is 0 Å². The Morgan fingerprint density at radius 1 is 1.53 bits per heavy atom. The molecule has 0 aromatic heterocycles. The van der Waals surface area contributed by atoms with Gasteiger partial charge >= 0.3 is 0 Å². The van der Waals surface area contributed by atoms with Gasteiger partial charge < -0.3 is 10.4 Å². The highest BCUT2D eigenvalue weighted by Gasteiger charge is 2.22. The van der Waals surface area contributed by atoms with E-state index in [4.69, 9.17) is 10.4 Å². The SMILES string of the molecule is CCC(C)(CCO)Nc1cccc(F)c1C#N. The molecule has 0 fully saturated rings. The predicted octanol–water partition coefficient (Wildman–Crippen LogP) is 2.66. The lowest BCUT2D eigenvalue weighted by Gasteiger charge is -2.30. The molecule has 2 N–H and O–H groups in total. The third-order valence-electron chi connectivity index (χ3n) is 3.01. The molecule has 0 aliphatic heterocycles. The zero-order valence-corrected chi connectivity index (χ0v) is 10.1. The fourth-order valence-electron chi connectivity index (χ4n) is 1.64. The molecule has 92 valence electrons. The van der Waals surface area contributed by atoms with Gasteiger partial charge in [0.15, 0.2) is 0 Å². The predicted molar refractivity (Wildman–Crippen MR) is 65.1 cm³/mol. The van der Waals surface area contributed by atoms with Crippen LogP contribution in [0.1, 0.15) is 32.3 Å². The molecule has 4 heteroatoms. The first-order valence-corrected chi connectivity index (χ1v) is 5.64. The molecule has 1 atom stereocenters. The quantitative estimate of drug-likeness (QED) is 0.826. The second kappa shape index (κ2) is 5.65. The van der Waals surface area contributed by atoms with Crippen LogP contribution in [-0.4, -0.2) is 17.3 Å². The zero-order chi connectivity index (χ0) is 12.9. The minimum absolute atomic E-state index is 0.0186. The molecule has 1 aromatic rings. The number of aliphatic hydroxyl groups excluding tert-OH is 1. The Morgan fingerprint density at radius 2 is 2.24 bits per heavy atom. The highest BCUT2D eigenvalue weighted by molar-refractivity contribution is 5.59. The normalized spacial score (nSPS) is 13.8. The van der Waals surface area contributed by atoms with E-state index in [2.05, 4.69) is 5.32 Å². The van der Waals surface area contributed by atoms with Gasteiger partial charge in [-0.2, -0.15) is 5.26 Å². The molecule has 1 aromatic carbocycles. The molecule has 0 aliphatic carbocycles. The molecule has 0 heterocycles. The molecule has 0 saturated heterocycles. The molecule has 3 nitrogen and oxygen atoms in total. The molecule has 0 amide bonds. The first-order valence-electron chi connectivity index (χ1n) is 5.64. The first kappa shape index (κ1) is 13.5. The summed E-state index contributed by atoms with van der Waals surface area (Å²) in [7, 11) is 0. The summed E-state index contributed by atoms with van der Waals surface area (Å²) in [6, 6.07) is 6.35. The number of nitriles is 1. The second-order valence-electron chi connectivity index (χ2n) is 4.29. The van der Waals surface area contributed by atoms with E-state index in [9.17, 15) is 4.39 Å². The molecule has 0 aliphatic rings. The van der Waals surface area contributed by atoms with Crippen molar-refractivity contribution in [3.05, 3.63) is 29.6 Å². The summed E-state index contributed by atoms with van der Waals surface area (Å²) in [5.74, 6) is -0.528. The van der Waals surface area contributed by atoms with Crippen molar-refractivity contribution in [1.29, 1.82) is 5.26 Å². The van der Waals surface area contributed by atoms with Gasteiger partial charge in [0.05, 0.1) is 5.69 Å². The van der Waals surface area contributed by atoms with Gasteiger partial charge in [0.1, 0.15) is 17.4 Å². The molecular formula is C13H17FN2O. The monoisotopic (exact) mass is 236 g/mol. The van der Waals surface area contributed by atoms with Crippen molar-refractivity contribution >= 4 is 5.69 Å². The van der Waals surface area contributed by atoms with Crippen molar-refractivity contribution in [2.75, 3.05) is 11.9 Å². The van der Waals surface area contributed by atoms with Crippen LogP contribution in [0.25, 0.3) is 0 Å². The Labute approximate surface area is 101 Å². The standard InChI is InChI=1S/C13H17FN2O/c1-3-13(2,7-8-17)16-12-6-4-5-11(14)10(12)9-15/h4-6,16-17H,3,7-8H2,1-2H3. The maximum atomic E-state index is 13.4. The molecule has 1 unspecified atom stereocenters. The Morgan fingerprint density at radius 3 is 2.76 bits per heavy atom. The number of hydrogen-bond donors (Lipinski definition) is 2. The number of rotatable bonds is 5. The Kier molecular flexibility index (Phi) is 4.47. The number of benzene rings is 1. The number of hydrogen-bond acceptors (Lipinski definition) is 3. The van der Waals surface area contributed by atoms with Gasteiger partial charge in [-0.05, 0) is 31.9 Å². The van der Waals surface area contributed by atoms with Crippen LogP contribution < -0.4 is 5.32 Å². The van der Waals surface area contributed by atoms with Crippen LogP contribution in [0.4, 0.5) is 10.1 Å². The largest absolute Gasteiger partial charge is 0.396 e. The van der Waals surface area contributed by atoms with E-state index in [0.29, 0.717) is 12.1 Å². The summed E-state index contributed by atoms with van der Waals surface area (Å²) in [5, 5.41) is 21.1. The third-order valence-corrected chi connectivity index (χ3v) is 3.01. The van der Waals surface area contributed by atoms with Crippen molar-refractivity contribution in [2.45, 2.75) is 32.2 Å². The van der Waals surface area contributed by atoms with E-state index in [0.717, 1.165) is 6.42 Å². The summed E-state index contributed by atoms with van der Waals surface area (Å²) in [6.45, 7) is 3.97. The van der Waals surface area contributed by atoms with Crippen LogP contribution >= 0.6 is 0 Å². The molecule has 1 rings (SSSR count). The van der Waals surface area contributed by atoms with Gasteiger partial charge in [-0.15, -0.1) is 0 Å². The fraction of sp³-hybridized carbons (Fsp3) is 0.462. The topological polar surface area (TPSA) is 56.0 Å². The van der Waals surface area contributed by atoms with Gasteiger partial charge in [-0.3, -0.25) is 0 Å². The second-order valence-corrected chi connectivity index (χ2v) is 4.29. The van der Waals surface area contributed by atoms with Gasteiger partial charge in [0, 0.05) is 12.1 Å². The van der Waals surface area contributed by atoms with E-state index in [-0.39, 0.29) is 17.7 Å². The van der Waals surface area contributed by atoms with Crippen LogP contribution in [0, 0.1) is 17.1 Å². The van der Waals surface area contributed by atoms with Crippen molar-refractivity contribution in [3.8, 4) is 6.07 Å². The molecule has 0 bridgehead atoms. The molecule has 0 saturated carbocycles. The van der Waals surface area contributed by atoms with E-state index < -0.39 is 5.82 Å². The van der Waals surface area contributed by atoms with Gasteiger partial charge in [-0.1, -0.05) is 13.0 Å². The summed E-state index contributed by atoms with van der Waals surface area (Å²) < 4.78 is 13.4. The summed E-state index contributed by atoms with van der Waals surface area (Å²) >= 11 is 0. The van der Waals surface area contributed by atoms with Crippen LogP contribution in [0.15, 0.2) is 18.2 Å². The number of nitrogens with zero attached hydrogens (tertiary/aromatic N) is 1. The van der Waals surface area contributed by atoms with Crippen molar-refractivity contribution in [3.63, 3.8) is 0 Å². The molecular weight excluding hydrogens is 219 g/mol. The van der Waals surface area contributed by atoms with Crippen molar-refractivity contribution in [1.82, 2.24) is 0 Å². The Balaban J connectivity index is 3.02. The third kappa shape index (κ3) is 3.18. The number of aliphatic hydroxyl groups is 1. The maximum Gasteiger partial charge on any atom is 0.143 e. The summed E-state index contributed by atoms with van der Waals surface area (Å²) in [6.07, 6.45) is 1.32. The first-order chi connectivity index (χ1) is 8.06. The minimum Gasteiger partial charge on any atom is -0.396 e. The molecule has 0 radical (unpaired) electrons. The highest BCUT2D eigenvalue weighted by Crippen LogP contribution is 2.25. The van der Waals surface area contributed by atoms with Crippen molar-refractivity contribution < 1.29 is 9.50 Å². The maximum absolute atomic E-state index is 13.4. The number of anilines is 1. The molecule has 0 spiro atoms. The zero-order valence-electron chi connectivity index (χ0n) is 10.1. The van der Waals surface area contributed by atoms with Crippen LogP contribution in [-0.2, 0) is 0 Å². The average Bonchev–Trinajstić information content (AvgIpc) is 2.30. The smallest absolute Gasteiger partial charge is 0.143 e. The average molecular weight is 236 g/mol.